The van der Waals surface area contributed by atoms with E-state index in [1.807, 2.05) is 11.0 Å². The highest BCUT2D eigenvalue weighted by atomic mass is 32.2. The van der Waals surface area contributed by atoms with Gasteiger partial charge in [0.2, 0.25) is 11.9 Å². The number of nitrogens with zero attached hydrogens (tertiary/aromatic N) is 5. The lowest BCUT2D eigenvalue weighted by molar-refractivity contribution is -0.116. The molecule has 1 saturated carbocycles. The van der Waals surface area contributed by atoms with E-state index in [1.165, 1.54) is 31.2 Å². The van der Waals surface area contributed by atoms with E-state index >= 15 is 0 Å². The molecule has 28 heavy (non-hydrogen) atoms. The molecule has 2 aromatic rings. The predicted molar refractivity (Wildman–Crippen MR) is 112 cm³/mol. The number of rotatable bonds is 5. The summed E-state index contributed by atoms with van der Waals surface area (Å²) in [5.41, 5.74) is 2.35. The summed E-state index contributed by atoms with van der Waals surface area (Å²) in [6.07, 6.45) is 6.90. The van der Waals surface area contributed by atoms with Gasteiger partial charge in [-0.05, 0) is 57.1 Å². The summed E-state index contributed by atoms with van der Waals surface area (Å²) < 4.78 is 2.29. The molecule has 1 saturated heterocycles. The fourth-order valence-electron chi connectivity index (χ4n) is 4.42. The van der Waals surface area contributed by atoms with Crippen molar-refractivity contribution in [3.05, 3.63) is 29.8 Å². The number of aryl methyl sites for hydroxylation is 1. The highest BCUT2D eigenvalue weighted by Gasteiger charge is 2.33. The van der Waals surface area contributed by atoms with Crippen molar-refractivity contribution in [3.63, 3.8) is 0 Å². The van der Waals surface area contributed by atoms with E-state index in [0.717, 1.165) is 42.7 Å². The largest absolute Gasteiger partial charge is 0.341 e. The van der Waals surface area contributed by atoms with Crippen LogP contribution in [0.3, 0.4) is 0 Å². The molecule has 1 amide bonds. The second kappa shape index (κ2) is 7.43. The van der Waals surface area contributed by atoms with Gasteiger partial charge >= 0.3 is 0 Å². The fraction of sp³-hybridized carbons (Fsp3) is 0.571. The van der Waals surface area contributed by atoms with Crippen molar-refractivity contribution < 1.29 is 4.79 Å². The molecule has 0 radical (unpaired) electrons. The van der Waals surface area contributed by atoms with Crippen LogP contribution in [0.15, 0.2) is 29.4 Å². The second-order valence-corrected chi connectivity index (χ2v) is 9.09. The Balaban J connectivity index is 1.33. The Labute approximate surface area is 170 Å². The molecule has 2 aliphatic heterocycles. The van der Waals surface area contributed by atoms with Gasteiger partial charge in [0.25, 0.3) is 0 Å². The summed E-state index contributed by atoms with van der Waals surface area (Å²) in [6.45, 7) is 4.28. The summed E-state index contributed by atoms with van der Waals surface area (Å²) >= 11 is 1.54. The molecule has 0 spiro atoms. The average molecular weight is 398 g/mol. The molecule has 0 bridgehead atoms. The number of hydrogen-bond acceptors (Lipinski definition) is 5. The van der Waals surface area contributed by atoms with Crippen LogP contribution in [0.4, 0.5) is 11.6 Å². The molecule has 3 heterocycles. The van der Waals surface area contributed by atoms with Crippen LogP contribution in [0.1, 0.15) is 50.6 Å². The quantitative estimate of drug-likeness (QED) is 0.721. The third-order valence-corrected chi connectivity index (χ3v) is 6.99. The van der Waals surface area contributed by atoms with E-state index < -0.39 is 0 Å². The zero-order valence-corrected chi connectivity index (χ0v) is 17.2. The van der Waals surface area contributed by atoms with Gasteiger partial charge < -0.3 is 9.80 Å². The molecule has 5 rings (SSSR count). The topological polar surface area (TPSA) is 54.3 Å². The normalized spacial score (nSPS) is 21.8. The highest BCUT2D eigenvalue weighted by molar-refractivity contribution is 7.99. The van der Waals surface area contributed by atoms with Crippen molar-refractivity contribution >= 4 is 29.3 Å². The van der Waals surface area contributed by atoms with Gasteiger partial charge in [-0.3, -0.25) is 9.36 Å². The third kappa shape index (κ3) is 3.30. The summed E-state index contributed by atoms with van der Waals surface area (Å²) in [6, 6.07) is 9.05. The van der Waals surface area contributed by atoms with Crippen molar-refractivity contribution in [2.45, 2.75) is 62.7 Å². The molecule has 1 atom stereocenters. The molecule has 1 aromatic carbocycles. The van der Waals surface area contributed by atoms with E-state index in [4.69, 9.17) is 0 Å². The van der Waals surface area contributed by atoms with Crippen LogP contribution in [0.5, 0.6) is 0 Å². The molecule has 1 aromatic heterocycles. The summed E-state index contributed by atoms with van der Waals surface area (Å²) in [5, 5.41) is 9.86. The first-order valence-corrected chi connectivity index (χ1v) is 11.4. The summed E-state index contributed by atoms with van der Waals surface area (Å²) in [4.78, 5) is 17.5. The lowest BCUT2D eigenvalue weighted by Gasteiger charge is -2.35. The number of para-hydroxylation sites is 1. The number of carbonyl (C=O) groups excluding carboxylic acids is 1. The molecule has 0 N–H and O–H groups in total. The minimum atomic E-state index is 0.165. The molecule has 1 aliphatic carbocycles. The maximum absolute atomic E-state index is 13.1. The number of thioether (sulfide) groups is 1. The van der Waals surface area contributed by atoms with Gasteiger partial charge in [-0.1, -0.05) is 30.0 Å². The Bertz CT molecular complexity index is 871. The first-order valence-electron chi connectivity index (χ1n) is 10.4. The van der Waals surface area contributed by atoms with Crippen molar-refractivity contribution in [1.29, 1.82) is 0 Å². The van der Waals surface area contributed by atoms with Gasteiger partial charge in [-0.2, -0.15) is 0 Å². The number of benzene rings is 1. The zero-order chi connectivity index (χ0) is 19.1. The lowest BCUT2D eigenvalue weighted by atomic mass is 9.97. The van der Waals surface area contributed by atoms with Crippen LogP contribution in [0.25, 0.3) is 0 Å². The molecular weight excluding hydrogens is 370 g/mol. The van der Waals surface area contributed by atoms with E-state index in [-0.39, 0.29) is 11.9 Å². The number of carbonyl (C=O) groups is 1. The Kier molecular flexibility index (Phi) is 4.78. The van der Waals surface area contributed by atoms with Crippen LogP contribution >= 0.6 is 11.8 Å². The van der Waals surface area contributed by atoms with Gasteiger partial charge in [0.1, 0.15) is 0 Å². The minimum Gasteiger partial charge on any atom is -0.341 e. The van der Waals surface area contributed by atoms with Crippen LogP contribution < -0.4 is 9.80 Å². The number of fused-ring (bicyclic) bond motifs is 1. The van der Waals surface area contributed by atoms with Gasteiger partial charge in [-0.25, -0.2) is 0 Å². The lowest BCUT2D eigenvalue weighted by Crippen LogP contribution is -2.43. The van der Waals surface area contributed by atoms with E-state index in [1.54, 1.807) is 11.8 Å². The fourth-order valence-corrected chi connectivity index (χ4v) is 5.28. The first kappa shape index (κ1) is 18.0. The van der Waals surface area contributed by atoms with Crippen LogP contribution in [0, 0.1) is 0 Å². The maximum Gasteiger partial charge on any atom is 0.237 e. The molecule has 6 nitrogen and oxygen atoms in total. The molecule has 3 aliphatic rings. The van der Waals surface area contributed by atoms with Crippen molar-refractivity contribution in [1.82, 2.24) is 14.8 Å². The highest BCUT2D eigenvalue weighted by Crippen LogP contribution is 2.41. The molecule has 7 heteroatoms. The number of anilines is 2. The monoisotopic (exact) mass is 397 g/mol. The van der Waals surface area contributed by atoms with Crippen LogP contribution in [-0.2, 0) is 11.2 Å². The zero-order valence-electron chi connectivity index (χ0n) is 16.4. The second-order valence-electron chi connectivity index (χ2n) is 8.15. The molecular formula is C21H27N5OS. The number of hydrogen-bond donors (Lipinski definition) is 0. The first-order chi connectivity index (χ1) is 13.7. The Morgan fingerprint density at radius 1 is 1.14 bits per heavy atom. The van der Waals surface area contributed by atoms with E-state index in [2.05, 4.69) is 44.8 Å². The van der Waals surface area contributed by atoms with Crippen LogP contribution in [0.2, 0.25) is 0 Å². The molecule has 148 valence electrons. The van der Waals surface area contributed by atoms with E-state index in [9.17, 15) is 4.79 Å². The Morgan fingerprint density at radius 2 is 1.93 bits per heavy atom. The SMILES string of the molecule is CC1CCc2ccccc2N1C(=O)CSc1nnc(N2CCCC2)n1C1CC1. The number of amides is 1. The standard InChI is InChI=1S/C21H27N5OS/c1-15-8-9-16-6-2-3-7-18(16)25(15)19(27)14-28-21-23-22-20(24-12-4-5-13-24)26(21)17-10-11-17/h2-3,6-7,15,17H,4-5,8-14H2,1H3. The van der Waals surface area contributed by atoms with Gasteiger partial charge in [0, 0.05) is 30.9 Å². The minimum absolute atomic E-state index is 0.165. The average Bonchev–Trinajstić information content (AvgIpc) is 3.23. The van der Waals surface area contributed by atoms with Crippen molar-refractivity contribution in [3.8, 4) is 0 Å². The van der Waals surface area contributed by atoms with Crippen molar-refractivity contribution in [2.24, 2.45) is 0 Å². The van der Waals surface area contributed by atoms with Crippen LogP contribution in [-0.4, -0.2) is 45.6 Å². The predicted octanol–water partition coefficient (Wildman–Crippen LogP) is 3.67. The summed E-state index contributed by atoms with van der Waals surface area (Å²) in [5.74, 6) is 1.58. The number of aromatic nitrogens is 3. The van der Waals surface area contributed by atoms with Gasteiger partial charge in [0.15, 0.2) is 5.16 Å². The molecule has 1 unspecified atom stereocenters. The van der Waals surface area contributed by atoms with Gasteiger partial charge in [0.05, 0.1) is 5.75 Å². The molecule has 2 fully saturated rings. The smallest absolute Gasteiger partial charge is 0.237 e. The van der Waals surface area contributed by atoms with Gasteiger partial charge in [-0.15, -0.1) is 10.2 Å². The third-order valence-electron chi connectivity index (χ3n) is 6.06. The van der Waals surface area contributed by atoms with E-state index in [0.29, 0.717) is 11.8 Å². The summed E-state index contributed by atoms with van der Waals surface area (Å²) in [7, 11) is 0. The maximum atomic E-state index is 13.1. The van der Waals surface area contributed by atoms with Crippen molar-refractivity contribution in [2.75, 3.05) is 28.6 Å². The Hall–Kier alpha value is -2.02. The Morgan fingerprint density at radius 3 is 2.71 bits per heavy atom.